The summed E-state index contributed by atoms with van der Waals surface area (Å²) in [7, 11) is 2.03. The van der Waals surface area contributed by atoms with Crippen molar-refractivity contribution in [1.29, 1.82) is 0 Å². The van der Waals surface area contributed by atoms with Crippen LogP contribution in [0.2, 0.25) is 0 Å². The smallest absolute Gasteiger partial charge is 0.0383 e. The first kappa shape index (κ1) is 7.61. The molecule has 0 saturated heterocycles. The van der Waals surface area contributed by atoms with Crippen molar-refractivity contribution in [1.82, 2.24) is 10.4 Å². The average Bonchev–Trinajstić information content (AvgIpc) is 2.11. The Hall–Kier alpha value is -0.500. The van der Waals surface area contributed by atoms with Crippen molar-refractivity contribution in [2.24, 2.45) is 5.41 Å². The molecule has 0 fully saturated rings. The zero-order valence-corrected chi connectivity index (χ0v) is 7.23. The number of hydrazine groups is 1. The lowest BCUT2D eigenvalue weighted by Gasteiger charge is -2.18. The van der Waals surface area contributed by atoms with Crippen LogP contribution in [0.5, 0.6) is 0 Å². The first-order chi connectivity index (χ1) is 4.50. The molecule has 0 radical (unpaired) electrons. The summed E-state index contributed by atoms with van der Waals surface area (Å²) in [6.45, 7) is 7.71. The molecule has 1 rings (SSSR count). The zero-order chi connectivity index (χ0) is 7.78. The van der Waals surface area contributed by atoms with Crippen LogP contribution < -0.4 is 5.43 Å². The molecule has 2 heteroatoms. The first-order valence-electron chi connectivity index (χ1n) is 3.67. The fraction of sp³-hybridized carbons (Fsp3) is 0.750. The molecule has 10 heavy (non-hydrogen) atoms. The van der Waals surface area contributed by atoms with Crippen molar-refractivity contribution in [3.05, 3.63) is 11.8 Å². The number of rotatable bonds is 0. The molecule has 0 aromatic rings. The van der Waals surface area contributed by atoms with Crippen molar-refractivity contribution >= 4 is 0 Å². The standard InChI is InChI=1S/C8H16N2/c1-8(2,3)7-5-9-10(4)6-7/h6,9H,5H2,1-4H3. The molecule has 58 valence electrons. The van der Waals surface area contributed by atoms with Crippen LogP contribution in [-0.2, 0) is 0 Å². The highest BCUT2D eigenvalue weighted by Crippen LogP contribution is 2.26. The molecule has 0 aliphatic carbocycles. The normalized spacial score (nSPS) is 19.6. The van der Waals surface area contributed by atoms with Crippen LogP contribution in [0.1, 0.15) is 20.8 Å². The summed E-state index contributed by atoms with van der Waals surface area (Å²) < 4.78 is 0. The monoisotopic (exact) mass is 140 g/mol. The van der Waals surface area contributed by atoms with E-state index in [1.165, 1.54) is 5.57 Å². The Labute approximate surface area is 62.9 Å². The highest BCUT2D eigenvalue weighted by atomic mass is 15.5. The average molecular weight is 140 g/mol. The maximum Gasteiger partial charge on any atom is 0.0383 e. The van der Waals surface area contributed by atoms with Crippen LogP contribution in [0, 0.1) is 5.41 Å². The Kier molecular flexibility index (Phi) is 1.73. The fourth-order valence-electron chi connectivity index (χ4n) is 0.994. The Morgan fingerprint density at radius 3 is 2.30 bits per heavy atom. The third-order valence-corrected chi connectivity index (χ3v) is 1.83. The van der Waals surface area contributed by atoms with Crippen LogP contribution >= 0.6 is 0 Å². The minimum absolute atomic E-state index is 0.317. The predicted octanol–water partition coefficient (Wildman–Crippen LogP) is 1.37. The van der Waals surface area contributed by atoms with Crippen LogP contribution in [0.15, 0.2) is 11.8 Å². The second kappa shape index (κ2) is 2.27. The molecule has 1 aliphatic rings. The quantitative estimate of drug-likeness (QED) is 0.546. The van der Waals surface area contributed by atoms with Gasteiger partial charge in [-0.1, -0.05) is 20.8 Å². The van der Waals surface area contributed by atoms with Crippen LogP contribution in [-0.4, -0.2) is 18.6 Å². The van der Waals surface area contributed by atoms with E-state index < -0.39 is 0 Å². The lowest BCUT2D eigenvalue weighted by Crippen LogP contribution is -2.24. The molecule has 0 saturated carbocycles. The van der Waals surface area contributed by atoms with E-state index in [0.29, 0.717) is 5.41 Å². The van der Waals surface area contributed by atoms with Gasteiger partial charge in [-0.05, 0) is 11.0 Å². The molecule has 0 atom stereocenters. The molecular formula is C8H16N2. The number of nitrogens with zero attached hydrogens (tertiary/aromatic N) is 1. The molecule has 1 heterocycles. The number of hydrogen-bond donors (Lipinski definition) is 1. The van der Waals surface area contributed by atoms with Crippen LogP contribution in [0.3, 0.4) is 0 Å². The zero-order valence-electron chi connectivity index (χ0n) is 7.23. The molecular weight excluding hydrogens is 124 g/mol. The van der Waals surface area contributed by atoms with E-state index in [-0.39, 0.29) is 0 Å². The van der Waals surface area contributed by atoms with Gasteiger partial charge in [0.1, 0.15) is 0 Å². The SMILES string of the molecule is CN1C=C(C(C)(C)C)CN1. The summed E-state index contributed by atoms with van der Waals surface area (Å²) in [4.78, 5) is 0. The fourth-order valence-corrected chi connectivity index (χ4v) is 0.994. The molecule has 0 bridgehead atoms. The predicted molar refractivity (Wildman–Crippen MR) is 43.3 cm³/mol. The van der Waals surface area contributed by atoms with Gasteiger partial charge in [0.15, 0.2) is 0 Å². The van der Waals surface area contributed by atoms with E-state index in [4.69, 9.17) is 0 Å². The van der Waals surface area contributed by atoms with E-state index in [0.717, 1.165) is 6.54 Å². The van der Waals surface area contributed by atoms with Gasteiger partial charge < -0.3 is 5.01 Å². The minimum Gasteiger partial charge on any atom is -0.318 e. The number of hydrogen-bond acceptors (Lipinski definition) is 2. The summed E-state index contributed by atoms with van der Waals surface area (Å²) in [5.74, 6) is 0. The third-order valence-electron chi connectivity index (χ3n) is 1.83. The van der Waals surface area contributed by atoms with E-state index in [2.05, 4.69) is 32.4 Å². The maximum atomic E-state index is 3.22. The second-order valence-corrected chi connectivity index (χ2v) is 3.85. The van der Waals surface area contributed by atoms with Gasteiger partial charge in [0, 0.05) is 19.8 Å². The van der Waals surface area contributed by atoms with Gasteiger partial charge in [0.2, 0.25) is 0 Å². The van der Waals surface area contributed by atoms with Gasteiger partial charge in [-0.2, -0.15) is 0 Å². The highest BCUT2D eigenvalue weighted by molar-refractivity contribution is 5.14. The first-order valence-corrected chi connectivity index (χ1v) is 3.67. The van der Waals surface area contributed by atoms with E-state index >= 15 is 0 Å². The third kappa shape index (κ3) is 1.51. The Morgan fingerprint density at radius 1 is 1.50 bits per heavy atom. The van der Waals surface area contributed by atoms with E-state index in [1.807, 2.05) is 12.1 Å². The largest absolute Gasteiger partial charge is 0.318 e. The van der Waals surface area contributed by atoms with Crippen molar-refractivity contribution in [2.75, 3.05) is 13.6 Å². The van der Waals surface area contributed by atoms with Crippen molar-refractivity contribution in [3.63, 3.8) is 0 Å². The summed E-state index contributed by atoms with van der Waals surface area (Å²) in [5, 5.41) is 2.01. The van der Waals surface area contributed by atoms with Gasteiger partial charge in [0.25, 0.3) is 0 Å². The lowest BCUT2D eigenvalue weighted by molar-refractivity contribution is 0.372. The van der Waals surface area contributed by atoms with Gasteiger partial charge >= 0.3 is 0 Å². The second-order valence-electron chi connectivity index (χ2n) is 3.85. The highest BCUT2D eigenvalue weighted by Gasteiger charge is 2.20. The summed E-state index contributed by atoms with van der Waals surface area (Å²) in [6.07, 6.45) is 2.17. The van der Waals surface area contributed by atoms with E-state index in [9.17, 15) is 0 Å². The Balaban J connectivity index is 2.67. The Morgan fingerprint density at radius 2 is 2.10 bits per heavy atom. The van der Waals surface area contributed by atoms with E-state index in [1.54, 1.807) is 0 Å². The topological polar surface area (TPSA) is 15.3 Å². The van der Waals surface area contributed by atoms with Gasteiger partial charge in [-0.3, -0.25) is 0 Å². The molecule has 0 aromatic carbocycles. The van der Waals surface area contributed by atoms with Crippen LogP contribution in [0.25, 0.3) is 0 Å². The van der Waals surface area contributed by atoms with Crippen molar-refractivity contribution in [3.8, 4) is 0 Å². The summed E-state index contributed by atoms with van der Waals surface area (Å²) in [5.41, 5.74) is 5.00. The molecule has 2 nitrogen and oxygen atoms in total. The summed E-state index contributed by atoms with van der Waals surface area (Å²) >= 11 is 0. The molecule has 1 aliphatic heterocycles. The summed E-state index contributed by atoms with van der Waals surface area (Å²) in [6, 6.07) is 0. The molecule has 0 spiro atoms. The molecule has 1 N–H and O–H groups in total. The molecule has 0 unspecified atom stereocenters. The van der Waals surface area contributed by atoms with Gasteiger partial charge in [-0.25, -0.2) is 5.43 Å². The maximum absolute atomic E-state index is 3.22. The van der Waals surface area contributed by atoms with Crippen LogP contribution in [0.4, 0.5) is 0 Å². The number of nitrogens with one attached hydrogen (secondary N) is 1. The van der Waals surface area contributed by atoms with Gasteiger partial charge in [-0.15, -0.1) is 0 Å². The molecule has 0 amide bonds. The van der Waals surface area contributed by atoms with Crippen molar-refractivity contribution < 1.29 is 0 Å². The lowest BCUT2D eigenvalue weighted by atomic mass is 9.87. The molecule has 0 aromatic heterocycles. The Bertz CT molecular complexity index is 153. The van der Waals surface area contributed by atoms with Crippen molar-refractivity contribution in [2.45, 2.75) is 20.8 Å². The van der Waals surface area contributed by atoms with Gasteiger partial charge in [0.05, 0.1) is 0 Å². The minimum atomic E-state index is 0.317.